The van der Waals surface area contributed by atoms with Gasteiger partial charge in [0, 0.05) is 37.2 Å². The summed E-state index contributed by atoms with van der Waals surface area (Å²) in [5.41, 5.74) is 1.27. The number of aliphatic hydroxyl groups is 1. The highest BCUT2D eigenvalue weighted by molar-refractivity contribution is 6.30. The number of morpholine rings is 1. The molecule has 0 amide bonds. The predicted molar refractivity (Wildman–Crippen MR) is 90.5 cm³/mol. The minimum absolute atomic E-state index is 0.323. The van der Waals surface area contributed by atoms with Gasteiger partial charge in [0.05, 0.1) is 19.3 Å². The molecule has 0 bridgehead atoms. The zero-order valence-corrected chi connectivity index (χ0v) is 14.3. The summed E-state index contributed by atoms with van der Waals surface area (Å²) in [5, 5.41) is 11.1. The van der Waals surface area contributed by atoms with Crippen molar-refractivity contribution in [2.45, 2.75) is 25.5 Å². The van der Waals surface area contributed by atoms with E-state index in [2.05, 4.69) is 35.9 Å². The van der Waals surface area contributed by atoms with Gasteiger partial charge in [0.2, 0.25) is 0 Å². The number of ether oxygens (including phenoxy) is 1. The number of β-amino-alcohol motifs (C(OH)–C–C–N with tert-alkyl or cyclic N) is 1. The molecular weight excluding hydrogens is 300 g/mol. The Morgan fingerprint density at radius 2 is 1.91 bits per heavy atom. The predicted octanol–water partition coefficient (Wildman–Crippen LogP) is 1.90. The molecule has 0 saturated carbocycles. The molecule has 1 aromatic carbocycles. The second kappa shape index (κ2) is 8.85. The summed E-state index contributed by atoms with van der Waals surface area (Å²) in [6.07, 6.45) is 0.633. The first-order chi connectivity index (χ1) is 10.5. The highest BCUT2D eigenvalue weighted by Crippen LogP contribution is 2.13. The number of aliphatic hydroxyl groups excluding tert-OH is 1. The molecule has 4 nitrogen and oxygen atoms in total. The molecule has 1 fully saturated rings. The van der Waals surface area contributed by atoms with Crippen molar-refractivity contribution < 1.29 is 9.84 Å². The molecule has 22 heavy (non-hydrogen) atoms. The lowest BCUT2D eigenvalue weighted by molar-refractivity contribution is 0.00634. The largest absolute Gasteiger partial charge is 0.390 e. The van der Waals surface area contributed by atoms with Gasteiger partial charge >= 0.3 is 0 Å². The third kappa shape index (κ3) is 5.86. The fourth-order valence-electron chi connectivity index (χ4n) is 2.77. The highest BCUT2D eigenvalue weighted by atomic mass is 35.5. The van der Waals surface area contributed by atoms with Crippen molar-refractivity contribution in [3.63, 3.8) is 0 Å². The topological polar surface area (TPSA) is 35.9 Å². The zero-order valence-electron chi connectivity index (χ0n) is 13.5. The summed E-state index contributed by atoms with van der Waals surface area (Å²) in [5.74, 6) is 0. The van der Waals surface area contributed by atoms with Crippen molar-refractivity contribution in [2.24, 2.45) is 0 Å². The number of hydrogen-bond acceptors (Lipinski definition) is 4. The van der Waals surface area contributed by atoms with E-state index in [1.807, 2.05) is 12.1 Å². The van der Waals surface area contributed by atoms with E-state index in [0.29, 0.717) is 12.6 Å². The minimum atomic E-state index is -0.323. The van der Waals surface area contributed by atoms with E-state index < -0.39 is 0 Å². The van der Waals surface area contributed by atoms with Crippen LogP contribution in [-0.2, 0) is 11.2 Å². The number of nitrogens with zero attached hydrogens (tertiary/aromatic N) is 2. The molecule has 124 valence electrons. The highest BCUT2D eigenvalue weighted by Gasteiger charge is 2.18. The van der Waals surface area contributed by atoms with Crippen LogP contribution in [0.2, 0.25) is 5.02 Å². The molecule has 1 aliphatic rings. The Bertz CT molecular complexity index is 435. The number of hydrogen-bond donors (Lipinski definition) is 1. The van der Waals surface area contributed by atoms with Gasteiger partial charge in [0.1, 0.15) is 0 Å². The normalized spacial score (nSPS) is 19.3. The van der Waals surface area contributed by atoms with Gasteiger partial charge in [-0.15, -0.1) is 0 Å². The second-order valence-corrected chi connectivity index (χ2v) is 6.62. The van der Waals surface area contributed by atoms with Crippen LogP contribution in [0, 0.1) is 0 Å². The monoisotopic (exact) mass is 326 g/mol. The van der Waals surface area contributed by atoms with E-state index in [-0.39, 0.29) is 6.10 Å². The SMILES string of the molecule is CC(Cc1ccc(Cl)cc1)N(C)CC(O)CN1CCOCC1. The lowest BCUT2D eigenvalue weighted by Gasteiger charge is -2.32. The van der Waals surface area contributed by atoms with Crippen LogP contribution >= 0.6 is 11.6 Å². The molecule has 1 aromatic rings. The van der Waals surface area contributed by atoms with Crippen LogP contribution in [-0.4, -0.2) is 73.5 Å². The van der Waals surface area contributed by atoms with Gasteiger partial charge < -0.3 is 14.7 Å². The van der Waals surface area contributed by atoms with Crippen molar-refractivity contribution in [2.75, 3.05) is 46.4 Å². The van der Waals surface area contributed by atoms with Crippen LogP contribution in [0.25, 0.3) is 0 Å². The molecule has 2 unspecified atom stereocenters. The van der Waals surface area contributed by atoms with Crippen LogP contribution in [0.4, 0.5) is 0 Å². The smallest absolute Gasteiger partial charge is 0.0793 e. The van der Waals surface area contributed by atoms with Crippen LogP contribution < -0.4 is 0 Å². The Hall–Kier alpha value is -0.650. The fraction of sp³-hybridized carbons (Fsp3) is 0.647. The quantitative estimate of drug-likeness (QED) is 0.830. The molecule has 1 N–H and O–H groups in total. The molecule has 0 spiro atoms. The zero-order chi connectivity index (χ0) is 15.9. The summed E-state index contributed by atoms with van der Waals surface area (Å²) in [6.45, 7) is 6.98. The third-order valence-electron chi connectivity index (χ3n) is 4.27. The van der Waals surface area contributed by atoms with Crippen molar-refractivity contribution >= 4 is 11.6 Å². The molecule has 1 saturated heterocycles. The van der Waals surface area contributed by atoms with Gasteiger partial charge in [-0.3, -0.25) is 4.90 Å². The van der Waals surface area contributed by atoms with Crippen LogP contribution in [0.3, 0.4) is 0 Å². The molecule has 2 rings (SSSR count). The first-order valence-corrected chi connectivity index (χ1v) is 8.35. The van der Waals surface area contributed by atoms with E-state index in [0.717, 1.165) is 44.3 Å². The molecule has 2 atom stereocenters. The maximum absolute atomic E-state index is 10.3. The van der Waals surface area contributed by atoms with Gasteiger partial charge in [-0.25, -0.2) is 0 Å². The van der Waals surface area contributed by atoms with Gasteiger partial charge in [-0.05, 0) is 38.1 Å². The third-order valence-corrected chi connectivity index (χ3v) is 4.52. The first-order valence-electron chi connectivity index (χ1n) is 7.97. The van der Waals surface area contributed by atoms with E-state index in [1.165, 1.54) is 5.56 Å². The average Bonchev–Trinajstić information content (AvgIpc) is 2.50. The summed E-state index contributed by atoms with van der Waals surface area (Å²) < 4.78 is 5.33. The Morgan fingerprint density at radius 1 is 1.27 bits per heavy atom. The molecule has 1 aliphatic heterocycles. The molecule has 0 radical (unpaired) electrons. The number of halogens is 1. The molecule has 1 heterocycles. The maximum atomic E-state index is 10.3. The molecule has 5 heteroatoms. The summed E-state index contributed by atoms with van der Waals surface area (Å²) in [6, 6.07) is 8.36. The maximum Gasteiger partial charge on any atom is 0.0793 e. The van der Waals surface area contributed by atoms with Gasteiger partial charge in [0.15, 0.2) is 0 Å². The van der Waals surface area contributed by atoms with Crippen LogP contribution in [0.1, 0.15) is 12.5 Å². The molecular formula is C17H27ClN2O2. The van der Waals surface area contributed by atoms with Crippen LogP contribution in [0.5, 0.6) is 0 Å². The molecule has 0 aliphatic carbocycles. The first kappa shape index (κ1) is 17.7. The van der Waals surface area contributed by atoms with E-state index in [1.54, 1.807) is 0 Å². The molecule has 0 aromatic heterocycles. The van der Waals surface area contributed by atoms with Crippen LogP contribution in [0.15, 0.2) is 24.3 Å². The minimum Gasteiger partial charge on any atom is -0.390 e. The number of benzene rings is 1. The summed E-state index contributed by atoms with van der Waals surface area (Å²) >= 11 is 5.92. The lowest BCUT2D eigenvalue weighted by Crippen LogP contribution is -2.45. The van der Waals surface area contributed by atoms with Gasteiger partial charge in [-0.1, -0.05) is 23.7 Å². The Labute approximate surface area is 138 Å². The summed E-state index contributed by atoms with van der Waals surface area (Å²) in [4.78, 5) is 4.49. The standard InChI is InChI=1S/C17H27ClN2O2/c1-14(11-15-3-5-16(18)6-4-15)19(2)12-17(21)13-20-7-9-22-10-8-20/h3-6,14,17,21H,7-13H2,1-2H3. The van der Waals surface area contributed by atoms with E-state index in [9.17, 15) is 5.11 Å². The second-order valence-electron chi connectivity index (χ2n) is 6.19. The van der Waals surface area contributed by atoms with Gasteiger partial charge in [0.25, 0.3) is 0 Å². The van der Waals surface area contributed by atoms with Crippen molar-refractivity contribution in [1.29, 1.82) is 0 Å². The van der Waals surface area contributed by atoms with Crippen molar-refractivity contribution in [3.8, 4) is 0 Å². The Balaban J connectivity index is 1.74. The average molecular weight is 327 g/mol. The van der Waals surface area contributed by atoms with Crippen molar-refractivity contribution in [1.82, 2.24) is 9.80 Å². The summed E-state index contributed by atoms with van der Waals surface area (Å²) in [7, 11) is 2.07. The number of rotatable bonds is 7. The van der Waals surface area contributed by atoms with E-state index >= 15 is 0 Å². The van der Waals surface area contributed by atoms with Gasteiger partial charge in [-0.2, -0.15) is 0 Å². The lowest BCUT2D eigenvalue weighted by atomic mass is 10.1. The van der Waals surface area contributed by atoms with E-state index in [4.69, 9.17) is 16.3 Å². The van der Waals surface area contributed by atoms with Crippen molar-refractivity contribution in [3.05, 3.63) is 34.9 Å². The fourth-order valence-corrected chi connectivity index (χ4v) is 2.90. The number of likely N-dealkylation sites (N-methyl/N-ethyl adjacent to an activating group) is 1. The Morgan fingerprint density at radius 3 is 2.55 bits per heavy atom. The Kier molecular flexibility index (Phi) is 7.12.